The first-order valence-electron chi connectivity index (χ1n) is 13.2. The molecular weight excluding hydrogens is 501 g/mol. The molecule has 8 nitrogen and oxygen atoms in total. The highest BCUT2D eigenvalue weighted by Gasteiger charge is 2.50. The van der Waals surface area contributed by atoms with Gasteiger partial charge in [0.25, 0.3) is 5.91 Å². The highest BCUT2D eigenvalue weighted by molar-refractivity contribution is 6.72. The average Bonchev–Trinajstić information content (AvgIpc) is 3.46. The van der Waals surface area contributed by atoms with Gasteiger partial charge in [0, 0.05) is 48.2 Å². The van der Waals surface area contributed by atoms with Crippen molar-refractivity contribution in [3.05, 3.63) is 71.5 Å². The molecule has 38 heavy (non-hydrogen) atoms. The minimum absolute atomic E-state index is 0.0156. The molecule has 1 aliphatic heterocycles. The molecule has 0 radical (unpaired) electrons. The number of nitrogens with zero attached hydrogens (tertiary/aromatic N) is 3. The SMILES string of the molecule is C[C@H]1[C@H]([Si](C)(C)F)[C@@H](CCn2cc(CCO)nn2)O[C@H]1CCc1ccc(NC(=O)c2ccc(N)cc2)cc1. The zero-order valence-electron chi connectivity index (χ0n) is 22.3. The first kappa shape index (κ1) is 27.9. The van der Waals surface area contributed by atoms with Gasteiger partial charge >= 0.3 is 0 Å². The van der Waals surface area contributed by atoms with Crippen molar-refractivity contribution >= 4 is 25.7 Å². The van der Waals surface area contributed by atoms with E-state index >= 15 is 4.11 Å². The molecule has 2 aromatic carbocycles. The Kier molecular flexibility index (Phi) is 8.96. The number of nitrogens with two attached hydrogens (primary N) is 1. The van der Waals surface area contributed by atoms with E-state index in [4.69, 9.17) is 15.6 Å². The van der Waals surface area contributed by atoms with E-state index < -0.39 is 8.41 Å². The van der Waals surface area contributed by atoms with Gasteiger partial charge in [-0.2, -0.15) is 0 Å². The fourth-order valence-electron chi connectivity index (χ4n) is 5.49. The third-order valence-corrected chi connectivity index (χ3v) is 9.88. The quantitative estimate of drug-likeness (QED) is 0.186. The van der Waals surface area contributed by atoms with E-state index in [1.54, 1.807) is 42.0 Å². The normalized spacial score (nSPS) is 21.5. The molecule has 0 unspecified atom stereocenters. The van der Waals surface area contributed by atoms with Crippen LogP contribution in [0, 0.1) is 5.92 Å². The van der Waals surface area contributed by atoms with Gasteiger partial charge in [-0.3, -0.25) is 9.48 Å². The second-order valence-corrected chi connectivity index (χ2v) is 14.5. The summed E-state index contributed by atoms with van der Waals surface area (Å²) in [5.74, 6) is -0.0534. The van der Waals surface area contributed by atoms with Crippen LogP contribution < -0.4 is 11.1 Å². The lowest BCUT2D eigenvalue weighted by Gasteiger charge is -2.28. The molecule has 1 aliphatic rings. The summed E-state index contributed by atoms with van der Waals surface area (Å²) in [5.41, 5.74) is 9.39. The third-order valence-electron chi connectivity index (χ3n) is 7.39. The summed E-state index contributed by atoms with van der Waals surface area (Å²) in [5, 5.41) is 20.2. The number of carbonyl (C=O) groups excluding carboxylic acids is 1. The molecule has 1 saturated heterocycles. The molecule has 0 aliphatic carbocycles. The van der Waals surface area contributed by atoms with E-state index in [-0.39, 0.29) is 36.2 Å². The first-order chi connectivity index (χ1) is 18.1. The number of hydrogen-bond acceptors (Lipinski definition) is 6. The number of aliphatic hydroxyl groups is 1. The largest absolute Gasteiger partial charge is 0.399 e. The minimum Gasteiger partial charge on any atom is -0.399 e. The Hall–Kier alpha value is -3.08. The monoisotopic (exact) mass is 539 g/mol. The number of aliphatic hydroxyl groups excluding tert-OH is 1. The molecule has 0 bridgehead atoms. The molecule has 1 amide bonds. The number of anilines is 2. The summed E-state index contributed by atoms with van der Waals surface area (Å²) in [6.45, 7) is 6.31. The number of nitrogens with one attached hydrogen (secondary N) is 1. The molecule has 4 rings (SSSR count). The molecule has 1 aromatic heterocycles. The van der Waals surface area contributed by atoms with Crippen molar-refractivity contribution in [2.24, 2.45) is 5.92 Å². The van der Waals surface area contributed by atoms with E-state index in [0.29, 0.717) is 30.6 Å². The van der Waals surface area contributed by atoms with Crippen LogP contribution >= 0.6 is 0 Å². The van der Waals surface area contributed by atoms with Gasteiger partial charge in [0.05, 0.1) is 17.9 Å². The van der Waals surface area contributed by atoms with Gasteiger partial charge in [-0.15, -0.1) is 5.10 Å². The molecule has 0 saturated carbocycles. The fraction of sp³-hybridized carbons (Fsp3) is 0.464. The number of nitrogen functional groups attached to an aromatic ring is 1. The standard InChI is InChI=1S/C28H38FN5O3Si/c1-19-25(37-26(27(19)38(2,3)29)14-16-34-18-24(15-17-35)32-33-34)13-6-20-4-11-23(12-5-20)31-28(36)21-7-9-22(30)10-8-21/h4-5,7-12,18-19,25-27,35H,6,13-17,30H2,1-3H3,(H,31,36)/t19-,25+,26-,27+/m1/s1. The summed E-state index contributed by atoms with van der Waals surface area (Å²) in [6, 6.07) is 14.6. The lowest BCUT2D eigenvalue weighted by Crippen LogP contribution is -2.36. The topological polar surface area (TPSA) is 115 Å². The number of benzene rings is 2. The summed E-state index contributed by atoms with van der Waals surface area (Å²) < 4.78 is 23.6. The van der Waals surface area contributed by atoms with Crippen molar-refractivity contribution in [3.63, 3.8) is 0 Å². The number of ether oxygens (including phenoxy) is 1. The highest BCUT2D eigenvalue weighted by Crippen LogP contribution is 2.47. The Morgan fingerprint density at radius 1 is 1.11 bits per heavy atom. The number of rotatable bonds is 11. The van der Waals surface area contributed by atoms with E-state index in [2.05, 4.69) is 22.6 Å². The Labute approximate surface area is 224 Å². The zero-order valence-corrected chi connectivity index (χ0v) is 23.3. The Balaban J connectivity index is 1.32. The second kappa shape index (κ2) is 12.2. The lowest BCUT2D eigenvalue weighted by molar-refractivity contribution is 0.0247. The van der Waals surface area contributed by atoms with E-state index in [0.717, 1.165) is 29.8 Å². The van der Waals surface area contributed by atoms with Crippen molar-refractivity contribution in [1.82, 2.24) is 15.0 Å². The minimum atomic E-state index is -2.95. The Morgan fingerprint density at radius 3 is 2.47 bits per heavy atom. The van der Waals surface area contributed by atoms with Crippen LogP contribution in [0.25, 0.3) is 0 Å². The lowest BCUT2D eigenvalue weighted by atomic mass is 9.95. The Bertz CT molecular complexity index is 1200. The molecule has 4 N–H and O–H groups in total. The van der Waals surface area contributed by atoms with Crippen LogP contribution in [0.15, 0.2) is 54.7 Å². The highest BCUT2D eigenvalue weighted by atomic mass is 28.4. The summed E-state index contributed by atoms with van der Waals surface area (Å²) in [6.07, 6.45) is 4.43. The number of carbonyl (C=O) groups is 1. The maximum Gasteiger partial charge on any atom is 0.255 e. The van der Waals surface area contributed by atoms with Gasteiger partial charge in [-0.05, 0) is 80.2 Å². The van der Waals surface area contributed by atoms with Crippen molar-refractivity contribution < 1.29 is 18.7 Å². The maximum atomic E-state index is 15.4. The molecule has 0 spiro atoms. The molecular formula is C28H38FN5O3Si. The van der Waals surface area contributed by atoms with Gasteiger partial charge in [0.15, 0.2) is 0 Å². The van der Waals surface area contributed by atoms with Crippen LogP contribution in [0.5, 0.6) is 0 Å². The number of aromatic nitrogens is 3. The average molecular weight is 540 g/mol. The number of aryl methyl sites for hydroxylation is 2. The molecule has 204 valence electrons. The predicted molar refractivity (Wildman–Crippen MR) is 149 cm³/mol. The second-order valence-electron chi connectivity index (χ2n) is 10.7. The number of halogens is 1. The number of amides is 1. The van der Waals surface area contributed by atoms with Gasteiger partial charge < -0.3 is 25.0 Å². The van der Waals surface area contributed by atoms with E-state index in [1.807, 2.05) is 30.5 Å². The van der Waals surface area contributed by atoms with Crippen LogP contribution in [0.2, 0.25) is 18.6 Å². The summed E-state index contributed by atoms with van der Waals surface area (Å²) >= 11 is 0. The van der Waals surface area contributed by atoms with Gasteiger partial charge in [0.2, 0.25) is 8.41 Å². The molecule has 4 atom stereocenters. The summed E-state index contributed by atoms with van der Waals surface area (Å²) in [4.78, 5) is 12.4. The molecule has 2 heterocycles. The van der Waals surface area contributed by atoms with E-state index in [9.17, 15) is 4.79 Å². The van der Waals surface area contributed by atoms with Crippen LogP contribution in [0.1, 0.15) is 41.4 Å². The molecule has 1 fully saturated rings. The number of hydrogen-bond donors (Lipinski definition) is 3. The van der Waals surface area contributed by atoms with E-state index in [1.165, 1.54) is 0 Å². The van der Waals surface area contributed by atoms with Crippen LogP contribution in [0.3, 0.4) is 0 Å². The smallest absolute Gasteiger partial charge is 0.255 e. The van der Waals surface area contributed by atoms with Gasteiger partial charge in [-0.25, -0.2) is 0 Å². The van der Waals surface area contributed by atoms with Gasteiger partial charge in [0.1, 0.15) is 0 Å². The van der Waals surface area contributed by atoms with Crippen molar-refractivity contribution in [2.45, 2.75) is 70.0 Å². The Morgan fingerprint density at radius 2 is 1.82 bits per heavy atom. The maximum absolute atomic E-state index is 15.4. The fourth-order valence-corrected chi connectivity index (χ4v) is 8.08. The van der Waals surface area contributed by atoms with Crippen molar-refractivity contribution in [3.8, 4) is 0 Å². The molecule has 3 aromatic rings. The van der Waals surface area contributed by atoms with Crippen molar-refractivity contribution in [2.75, 3.05) is 17.7 Å². The van der Waals surface area contributed by atoms with Crippen LogP contribution in [0.4, 0.5) is 15.5 Å². The van der Waals surface area contributed by atoms with Gasteiger partial charge in [-0.1, -0.05) is 24.3 Å². The first-order valence-corrected chi connectivity index (χ1v) is 16.2. The molecule has 10 heteroatoms. The summed E-state index contributed by atoms with van der Waals surface area (Å²) in [7, 11) is -2.95. The van der Waals surface area contributed by atoms with Crippen LogP contribution in [-0.4, -0.2) is 53.2 Å². The zero-order chi connectivity index (χ0) is 27.3. The van der Waals surface area contributed by atoms with Crippen LogP contribution in [-0.2, 0) is 24.1 Å². The van der Waals surface area contributed by atoms with Crippen molar-refractivity contribution in [1.29, 1.82) is 0 Å². The third kappa shape index (κ3) is 7.06. The predicted octanol–water partition coefficient (Wildman–Crippen LogP) is 4.62.